The van der Waals surface area contributed by atoms with Crippen molar-refractivity contribution in [1.29, 1.82) is 0 Å². The van der Waals surface area contributed by atoms with E-state index in [1.807, 2.05) is 0 Å². The lowest BCUT2D eigenvalue weighted by Gasteiger charge is -2.23. The minimum absolute atomic E-state index is 0.202. The first-order chi connectivity index (χ1) is 11.3. The maximum absolute atomic E-state index is 12.7. The lowest BCUT2D eigenvalue weighted by Crippen LogP contribution is -2.43. The highest BCUT2D eigenvalue weighted by atomic mass is 19.4. The van der Waals surface area contributed by atoms with Crippen molar-refractivity contribution < 1.29 is 27.9 Å². The molecule has 1 fully saturated rings. The molecule has 0 spiro atoms. The molecule has 4 nitrogen and oxygen atoms in total. The van der Waals surface area contributed by atoms with Gasteiger partial charge in [-0.25, -0.2) is 0 Å². The van der Waals surface area contributed by atoms with Crippen LogP contribution in [0.3, 0.4) is 0 Å². The Labute approximate surface area is 138 Å². The van der Waals surface area contributed by atoms with Crippen molar-refractivity contribution in [3.63, 3.8) is 0 Å². The minimum atomic E-state index is -4.46. The lowest BCUT2D eigenvalue weighted by molar-refractivity contribution is -0.143. The molecule has 1 aromatic rings. The fourth-order valence-corrected chi connectivity index (χ4v) is 3.08. The van der Waals surface area contributed by atoms with Crippen molar-refractivity contribution in [3.8, 4) is 0 Å². The molecule has 24 heavy (non-hydrogen) atoms. The molecule has 0 bridgehead atoms. The zero-order valence-electron chi connectivity index (χ0n) is 13.1. The van der Waals surface area contributed by atoms with E-state index in [0.717, 1.165) is 31.4 Å². The molecule has 2 N–H and O–H groups in total. The normalized spacial score (nSPS) is 21.8. The minimum Gasteiger partial charge on any atom is -0.481 e. The first-order valence-electron chi connectivity index (χ1n) is 7.95. The quantitative estimate of drug-likeness (QED) is 0.824. The fourth-order valence-electron chi connectivity index (χ4n) is 3.08. The number of amides is 1. The summed E-state index contributed by atoms with van der Waals surface area (Å²) in [6.07, 6.45) is -1.02. The number of hydrogen-bond acceptors (Lipinski definition) is 2. The number of carbonyl (C=O) groups excluding carboxylic acids is 1. The van der Waals surface area contributed by atoms with Gasteiger partial charge in [0.05, 0.1) is 17.9 Å². The van der Waals surface area contributed by atoms with Crippen molar-refractivity contribution in [2.75, 3.05) is 0 Å². The van der Waals surface area contributed by atoms with Gasteiger partial charge in [-0.15, -0.1) is 0 Å². The summed E-state index contributed by atoms with van der Waals surface area (Å²) >= 11 is 0. The summed E-state index contributed by atoms with van der Waals surface area (Å²) in [5, 5.41) is 12.0. The number of carboxylic acids is 1. The Bertz CT molecular complexity index is 601. The van der Waals surface area contributed by atoms with Crippen LogP contribution >= 0.6 is 0 Å². The van der Waals surface area contributed by atoms with E-state index in [0.29, 0.717) is 12.8 Å². The van der Waals surface area contributed by atoms with Gasteiger partial charge in [0.15, 0.2) is 0 Å². The van der Waals surface area contributed by atoms with E-state index >= 15 is 0 Å². The van der Waals surface area contributed by atoms with Gasteiger partial charge in [-0.1, -0.05) is 37.5 Å². The number of rotatable bonds is 4. The second-order valence-electron chi connectivity index (χ2n) is 6.13. The van der Waals surface area contributed by atoms with Crippen LogP contribution in [0.4, 0.5) is 13.2 Å². The first-order valence-corrected chi connectivity index (χ1v) is 7.95. The predicted octanol–water partition coefficient (Wildman–Crippen LogP) is 3.40. The molecule has 0 heterocycles. The van der Waals surface area contributed by atoms with Gasteiger partial charge in [0.25, 0.3) is 0 Å². The summed E-state index contributed by atoms with van der Waals surface area (Å²) in [4.78, 5) is 23.5. The molecule has 1 saturated carbocycles. The Morgan fingerprint density at radius 3 is 2.54 bits per heavy atom. The number of hydrogen-bond donors (Lipinski definition) is 2. The molecule has 2 rings (SSSR count). The van der Waals surface area contributed by atoms with Crippen LogP contribution in [0.25, 0.3) is 0 Å². The van der Waals surface area contributed by atoms with Gasteiger partial charge in [-0.2, -0.15) is 13.2 Å². The topological polar surface area (TPSA) is 66.4 Å². The van der Waals surface area contributed by atoms with Crippen LogP contribution in [0.5, 0.6) is 0 Å². The number of carboxylic acid groups (broad SMARTS) is 1. The second kappa shape index (κ2) is 7.68. The van der Waals surface area contributed by atoms with Gasteiger partial charge in [0, 0.05) is 6.04 Å². The second-order valence-corrected chi connectivity index (χ2v) is 6.13. The van der Waals surface area contributed by atoms with E-state index in [-0.39, 0.29) is 12.0 Å². The number of nitrogens with one attached hydrogen (secondary N) is 1. The largest absolute Gasteiger partial charge is 0.481 e. The fraction of sp³-hybridized carbons (Fsp3) is 0.529. The van der Waals surface area contributed by atoms with Crippen molar-refractivity contribution in [2.45, 2.75) is 50.7 Å². The van der Waals surface area contributed by atoms with Crippen LogP contribution in [0.1, 0.15) is 43.2 Å². The molecule has 132 valence electrons. The molecule has 1 aliphatic carbocycles. The van der Waals surface area contributed by atoms with Gasteiger partial charge in [0.1, 0.15) is 0 Å². The smallest absolute Gasteiger partial charge is 0.416 e. The third kappa shape index (κ3) is 4.97. The molecule has 1 aliphatic rings. The molecule has 0 unspecified atom stereocenters. The maximum Gasteiger partial charge on any atom is 0.416 e. The average molecular weight is 343 g/mol. The van der Waals surface area contributed by atoms with Crippen molar-refractivity contribution in [2.24, 2.45) is 5.92 Å². The summed E-state index contributed by atoms with van der Waals surface area (Å²) in [5.74, 6) is -2.04. The molecular formula is C17H20F3NO3. The monoisotopic (exact) mass is 343 g/mol. The highest BCUT2D eigenvalue weighted by Crippen LogP contribution is 2.29. The van der Waals surface area contributed by atoms with Gasteiger partial charge in [0.2, 0.25) is 5.91 Å². The SMILES string of the molecule is O=C(Cc1cccc(C(F)(F)F)c1)N[C@H]1CCCCC[C@H]1C(=O)O. The van der Waals surface area contributed by atoms with Gasteiger partial charge in [-0.05, 0) is 24.5 Å². The van der Waals surface area contributed by atoms with Crippen molar-refractivity contribution in [3.05, 3.63) is 35.4 Å². The van der Waals surface area contributed by atoms with Gasteiger partial charge < -0.3 is 10.4 Å². The van der Waals surface area contributed by atoms with Crippen LogP contribution in [0.15, 0.2) is 24.3 Å². The average Bonchev–Trinajstić information content (AvgIpc) is 2.72. The molecule has 0 radical (unpaired) electrons. The molecule has 0 aliphatic heterocycles. The lowest BCUT2D eigenvalue weighted by atomic mass is 9.94. The molecule has 0 aromatic heterocycles. The first kappa shape index (κ1) is 18.3. The molecule has 1 amide bonds. The van der Waals surface area contributed by atoms with Crippen LogP contribution in [-0.4, -0.2) is 23.0 Å². The molecule has 7 heteroatoms. The maximum atomic E-state index is 12.7. The van der Waals surface area contributed by atoms with E-state index in [1.54, 1.807) is 0 Å². The van der Waals surface area contributed by atoms with Crippen molar-refractivity contribution >= 4 is 11.9 Å². The van der Waals surface area contributed by atoms with E-state index < -0.39 is 35.6 Å². The molecule has 0 saturated heterocycles. The zero-order chi connectivity index (χ0) is 17.7. The third-order valence-electron chi connectivity index (χ3n) is 4.30. The van der Waals surface area contributed by atoms with E-state index in [2.05, 4.69) is 5.32 Å². The number of carbonyl (C=O) groups is 2. The Morgan fingerprint density at radius 1 is 1.17 bits per heavy atom. The number of alkyl halides is 3. The van der Waals surface area contributed by atoms with Crippen LogP contribution < -0.4 is 5.32 Å². The zero-order valence-corrected chi connectivity index (χ0v) is 13.1. The Kier molecular flexibility index (Phi) is 5.85. The summed E-state index contributed by atoms with van der Waals surface area (Å²) in [7, 11) is 0. The number of aliphatic carboxylic acids is 1. The molecule has 1 aromatic carbocycles. The highest BCUT2D eigenvalue weighted by Gasteiger charge is 2.32. The van der Waals surface area contributed by atoms with Gasteiger partial charge >= 0.3 is 12.1 Å². The molecule has 2 atom stereocenters. The van der Waals surface area contributed by atoms with Crippen LogP contribution in [0.2, 0.25) is 0 Å². The number of benzene rings is 1. The van der Waals surface area contributed by atoms with Gasteiger partial charge in [-0.3, -0.25) is 9.59 Å². The summed E-state index contributed by atoms with van der Waals surface area (Å²) in [5.41, 5.74) is -0.548. The third-order valence-corrected chi connectivity index (χ3v) is 4.30. The highest BCUT2D eigenvalue weighted by molar-refractivity contribution is 5.80. The van der Waals surface area contributed by atoms with E-state index in [1.165, 1.54) is 12.1 Å². The van der Waals surface area contributed by atoms with Crippen molar-refractivity contribution in [1.82, 2.24) is 5.32 Å². The van der Waals surface area contributed by atoms with E-state index in [9.17, 15) is 27.9 Å². The standard InChI is InChI=1S/C17H20F3NO3/c18-17(19,20)12-6-4-5-11(9-12)10-15(22)21-14-8-3-1-2-7-13(14)16(23)24/h4-6,9,13-14H,1-3,7-8,10H2,(H,21,22)(H,23,24)/t13-,14+/m1/s1. The summed E-state index contributed by atoms with van der Waals surface area (Å²) in [6.45, 7) is 0. The van der Waals surface area contributed by atoms with E-state index in [4.69, 9.17) is 0 Å². The Hall–Kier alpha value is -2.05. The predicted molar refractivity (Wildman–Crippen MR) is 81.3 cm³/mol. The molecular weight excluding hydrogens is 323 g/mol. The number of halogens is 3. The Balaban J connectivity index is 2.03. The van der Waals surface area contributed by atoms with Crippen LogP contribution in [0, 0.1) is 5.92 Å². The summed E-state index contributed by atoms with van der Waals surface area (Å²) in [6, 6.07) is 4.14. The van der Waals surface area contributed by atoms with Crippen LogP contribution in [-0.2, 0) is 22.2 Å². The Morgan fingerprint density at radius 2 is 1.88 bits per heavy atom. The summed E-state index contributed by atoms with van der Waals surface area (Å²) < 4.78 is 38.1.